The predicted molar refractivity (Wildman–Crippen MR) is 85.5 cm³/mol. The summed E-state index contributed by atoms with van der Waals surface area (Å²) in [5.41, 5.74) is 0. The number of carbonyl (C=O) groups is 2. The van der Waals surface area contributed by atoms with Crippen LogP contribution in [0.4, 0.5) is 0 Å². The van der Waals surface area contributed by atoms with Crippen molar-refractivity contribution in [2.75, 3.05) is 6.61 Å². The third-order valence-corrected chi connectivity index (χ3v) is 4.06. The topological polar surface area (TPSA) is 111 Å². The lowest BCUT2D eigenvalue weighted by Gasteiger charge is -2.43. The van der Waals surface area contributed by atoms with Gasteiger partial charge in [0.15, 0.2) is 6.29 Å². The molecule has 138 valence electrons. The Hall–Kier alpha value is -0.920. The molecule has 0 bridgehead atoms. The second kappa shape index (κ2) is 10.8. The van der Waals surface area contributed by atoms with Gasteiger partial charge in [0.1, 0.15) is 24.0 Å². The summed E-state index contributed by atoms with van der Waals surface area (Å²) in [6.07, 6.45) is -1.46. The number of carbonyl (C=O) groups excluding carboxylic acids is 2. The molecule has 0 radical (unpaired) electrons. The number of ether oxygens (including phenoxy) is 2. The highest BCUT2D eigenvalue weighted by Crippen LogP contribution is 2.28. The maximum absolute atomic E-state index is 11.9. The SMILES string of the molecule is CCCCO[C@H]1[C@H](O)[C@@H](CC)O[C@H](OP=O)[C@@H]1NC(=O)CC(C)=O. The minimum Gasteiger partial charge on any atom is -0.388 e. The van der Waals surface area contributed by atoms with Gasteiger partial charge in [0, 0.05) is 6.61 Å². The van der Waals surface area contributed by atoms with Crippen LogP contribution in [0.1, 0.15) is 46.5 Å². The second-order valence-corrected chi connectivity index (χ2v) is 6.14. The summed E-state index contributed by atoms with van der Waals surface area (Å²) in [7, 11) is -0.611. The maximum Gasteiger partial charge on any atom is 0.329 e. The number of hydrogen-bond acceptors (Lipinski definition) is 7. The van der Waals surface area contributed by atoms with Gasteiger partial charge in [-0.25, -0.2) is 4.57 Å². The highest BCUT2D eigenvalue weighted by atomic mass is 31.1. The molecule has 0 aromatic carbocycles. The highest BCUT2D eigenvalue weighted by Gasteiger charge is 2.47. The summed E-state index contributed by atoms with van der Waals surface area (Å²) in [5.74, 6) is -0.822. The van der Waals surface area contributed by atoms with E-state index in [9.17, 15) is 19.3 Å². The largest absolute Gasteiger partial charge is 0.388 e. The Morgan fingerprint density at radius 1 is 1.33 bits per heavy atom. The van der Waals surface area contributed by atoms with Crippen LogP contribution in [-0.2, 0) is 28.2 Å². The van der Waals surface area contributed by atoms with Gasteiger partial charge in [0.2, 0.25) is 5.91 Å². The zero-order valence-electron chi connectivity index (χ0n) is 14.3. The van der Waals surface area contributed by atoms with E-state index in [1.807, 2.05) is 13.8 Å². The van der Waals surface area contributed by atoms with Crippen molar-refractivity contribution in [2.24, 2.45) is 0 Å². The Morgan fingerprint density at radius 3 is 2.58 bits per heavy atom. The van der Waals surface area contributed by atoms with Crippen molar-refractivity contribution in [3.63, 3.8) is 0 Å². The summed E-state index contributed by atoms with van der Waals surface area (Å²) in [4.78, 5) is 23.0. The molecule has 1 fully saturated rings. The van der Waals surface area contributed by atoms with Gasteiger partial charge >= 0.3 is 8.69 Å². The Balaban J connectivity index is 2.93. The van der Waals surface area contributed by atoms with E-state index in [2.05, 4.69) is 5.32 Å². The number of Topliss-reactive ketones (excluding diaryl/α,β-unsaturated/α-hetero) is 1. The first-order chi connectivity index (χ1) is 11.4. The molecular weight excluding hydrogens is 337 g/mol. The molecule has 0 aromatic heterocycles. The number of amides is 1. The highest BCUT2D eigenvalue weighted by molar-refractivity contribution is 7.17. The molecular formula is C15H26NO7P. The molecule has 1 heterocycles. The van der Waals surface area contributed by atoms with Crippen LogP contribution in [0.2, 0.25) is 0 Å². The first-order valence-electron chi connectivity index (χ1n) is 8.16. The van der Waals surface area contributed by atoms with Gasteiger partial charge in [-0.3, -0.25) is 14.1 Å². The smallest absolute Gasteiger partial charge is 0.329 e. The van der Waals surface area contributed by atoms with E-state index in [1.165, 1.54) is 6.92 Å². The minimum atomic E-state index is -1.04. The normalized spacial score (nSPS) is 30.2. The number of aliphatic hydroxyl groups is 1. The van der Waals surface area contributed by atoms with E-state index < -0.39 is 45.2 Å². The van der Waals surface area contributed by atoms with Crippen LogP contribution >= 0.6 is 8.69 Å². The summed E-state index contributed by atoms with van der Waals surface area (Å²) < 4.78 is 27.2. The van der Waals surface area contributed by atoms with E-state index >= 15 is 0 Å². The van der Waals surface area contributed by atoms with Crippen molar-refractivity contribution in [1.82, 2.24) is 5.32 Å². The second-order valence-electron chi connectivity index (χ2n) is 5.78. The molecule has 2 N–H and O–H groups in total. The van der Waals surface area contributed by atoms with Crippen molar-refractivity contribution in [3.05, 3.63) is 0 Å². The Kier molecular flexibility index (Phi) is 9.54. The molecule has 5 atom stereocenters. The lowest BCUT2D eigenvalue weighted by molar-refractivity contribution is -0.245. The molecule has 24 heavy (non-hydrogen) atoms. The summed E-state index contributed by atoms with van der Waals surface area (Å²) in [6, 6.07) is -0.868. The van der Waals surface area contributed by atoms with Crippen molar-refractivity contribution in [2.45, 2.75) is 77.1 Å². The number of nitrogens with one attached hydrogen (secondary N) is 1. The van der Waals surface area contributed by atoms with Crippen LogP contribution in [0.5, 0.6) is 0 Å². The maximum atomic E-state index is 11.9. The fraction of sp³-hybridized carbons (Fsp3) is 0.867. The van der Waals surface area contributed by atoms with Gasteiger partial charge in [-0.2, -0.15) is 0 Å². The number of aliphatic hydroxyl groups excluding tert-OH is 1. The van der Waals surface area contributed by atoms with Gasteiger partial charge < -0.3 is 19.9 Å². The van der Waals surface area contributed by atoms with Crippen LogP contribution in [0.3, 0.4) is 0 Å². The Labute approximate surface area is 143 Å². The van der Waals surface area contributed by atoms with Crippen molar-refractivity contribution >= 4 is 20.4 Å². The predicted octanol–water partition coefficient (Wildman–Crippen LogP) is 1.35. The van der Waals surface area contributed by atoms with E-state index in [0.717, 1.165) is 12.8 Å². The summed E-state index contributed by atoms with van der Waals surface area (Å²) >= 11 is 0. The fourth-order valence-corrected chi connectivity index (χ4v) is 2.83. The molecule has 1 aliphatic rings. The lowest BCUT2D eigenvalue weighted by Crippen LogP contribution is -2.64. The van der Waals surface area contributed by atoms with Gasteiger partial charge in [-0.05, 0) is 19.8 Å². The van der Waals surface area contributed by atoms with Gasteiger partial charge in [0.25, 0.3) is 0 Å². The van der Waals surface area contributed by atoms with Crippen LogP contribution < -0.4 is 5.32 Å². The summed E-state index contributed by atoms with van der Waals surface area (Å²) in [5, 5.41) is 13.1. The lowest BCUT2D eigenvalue weighted by atomic mass is 9.95. The molecule has 0 aliphatic carbocycles. The molecule has 1 amide bonds. The number of ketones is 1. The average molecular weight is 363 g/mol. The molecule has 0 aromatic rings. The molecule has 8 nitrogen and oxygen atoms in total. The van der Waals surface area contributed by atoms with Crippen LogP contribution in [0.25, 0.3) is 0 Å². The van der Waals surface area contributed by atoms with E-state index in [0.29, 0.717) is 13.0 Å². The van der Waals surface area contributed by atoms with E-state index in [-0.39, 0.29) is 12.2 Å². The number of hydrogen-bond donors (Lipinski definition) is 2. The molecule has 9 heteroatoms. The van der Waals surface area contributed by atoms with Crippen LogP contribution in [-0.4, -0.2) is 54.0 Å². The van der Waals surface area contributed by atoms with Crippen molar-refractivity contribution < 1.29 is 33.3 Å². The number of unbranched alkanes of at least 4 members (excludes halogenated alkanes) is 1. The monoisotopic (exact) mass is 363 g/mol. The van der Waals surface area contributed by atoms with Gasteiger partial charge in [-0.1, -0.05) is 20.3 Å². The first kappa shape index (κ1) is 21.1. The standard InChI is InChI=1S/C15H26NO7P/c1-4-6-7-21-14-12(16-11(18)8-9(3)17)15(23-24-20)22-10(5-2)13(14)19/h10,12-15,19H,4-8H2,1-3H3,(H,16,18)/t10-,12-,13-,14-,15-/m1/s1. The zero-order valence-corrected chi connectivity index (χ0v) is 15.2. The van der Waals surface area contributed by atoms with E-state index in [4.69, 9.17) is 14.0 Å². The van der Waals surface area contributed by atoms with Crippen molar-refractivity contribution in [1.29, 1.82) is 0 Å². The Morgan fingerprint density at radius 2 is 2.04 bits per heavy atom. The van der Waals surface area contributed by atoms with Gasteiger partial charge in [-0.15, -0.1) is 0 Å². The average Bonchev–Trinajstić information content (AvgIpc) is 2.52. The molecule has 0 spiro atoms. The molecule has 1 aliphatic heterocycles. The Bertz CT molecular complexity index is 434. The molecule has 0 unspecified atom stereocenters. The quantitative estimate of drug-likeness (QED) is 0.342. The van der Waals surface area contributed by atoms with Gasteiger partial charge in [0.05, 0.1) is 12.5 Å². The third kappa shape index (κ3) is 6.18. The number of rotatable bonds is 10. The molecule has 0 saturated carbocycles. The minimum absolute atomic E-state index is 0.293. The first-order valence-corrected chi connectivity index (χ1v) is 8.89. The zero-order chi connectivity index (χ0) is 18.1. The fourth-order valence-electron chi connectivity index (χ4n) is 2.57. The van der Waals surface area contributed by atoms with Crippen LogP contribution in [0.15, 0.2) is 0 Å². The van der Waals surface area contributed by atoms with Crippen LogP contribution in [0, 0.1) is 0 Å². The van der Waals surface area contributed by atoms with E-state index in [1.54, 1.807) is 0 Å². The molecule has 1 saturated heterocycles. The van der Waals surface area contributed by atoms with Crippen molar-refractivity contribution in [3.8, 4) is 0 Å². The third-order valence-electron chi connectivity index (χ3n) is 3.77. The summed E-state index contributed by atoms with van der Waals surface area (Å²) in [6.45, 7) is 5.54. The molecule has 1 rings (SSSR count).